The lowest BCUT2D eigenvalue weighted by Gasteiger charge is -2.37. The summed E-state index contributed by atoms with van der Waals surface area (Å²) in [6.07, 6.45) is 3.19. The molecule has 0 unspecified atom stereocenters. The molecule has 3 rings (SSSR count). The summed E-state index contributed by atoms with van der Waals surface area (Å²) in [6.45, 7) is 4.57. The molecule has 142 valence electrons. The first-order chi connectivity index (χ1) is 13.0. The zero-order valence-electron chi connectivity index (χ0n) is 16.2. The first-order valence-electron chi connectivity index (χ1n) is 9.69. The minimum atomic E-state index is 0.0173. The highest BCUT2D eigenvalue weighted by Crippen LogP contribution is 2.18. The van der Waals surface area contributed by atoms with Crippen molar-refractivity contribution in [1.29, 1.82) is 0 Å². The Balaban J connectivity index is 1.57. The van der Waals surface area contributed by atoms with Crippen LogP contribution in [0.3, 0.4) is 0 Å². The van der Waals surface area contributed by atoms with Gasteiger partial charge in [-0.1, -0.05) is 42.5 Å². The Morgan fingerprint density at radius 3 is 2.37 bits per heavy atom. The van der Waals surface area contributed by atoms with Crippen molar-refractivity contribution in [2.75, 3.05) is 26.7 Å². The standard InChI is InChI=1S/C23H28N2O2/c1-18(26)20-10-12-21(13-11-20)23(27)24(2)22-9-6-15-25(17-22)16-14-19-7-4-3-5-8-19/h3-5,7-8,10-13,22H,6,9,14-17H2,1-2H3/t22-/m1/s1. The molecule has 0 aliphatic carbocycles. The van der Waals surface area contributed by atoms with Crippen molar-refractivity contribution < 1.29 is 9.59 Å². The van der Waals surface area contributed by atoms with Crippen LogP contribution in [0.25, 0.3) is 0 Å². The van der Waals surface area contributed by atoms with Crippen molar-refractivity contribution in [2.24, 2.45) is 0 Å². The van der Waals surface area contributed by atoms with Crippen molar-refractivity contribution in [2.45, 2.75) is 32.2 Å². The predicted molar refractivity (Wildman–Crippen MR) is 108 cm³/mol. The largest absolute Gasteiger partial charge is 0.337 e. The van der Waals surface area contributed by atoms with Crippen molar-refractivity contribution in [3.63, 3.8) is 0 Å². The van der Waals surface area contributed by atoms with E-state index in [1.165, 1.54) is 12.5 Å². The summed E-state index contributed by atoms with van der Waals surface area (Å²) in [5.74, 6) is 0.0451. The van der Waals surface area contributed by atoms with Crippen LogP contribution in [-0.4, -0.2) is 54.2 Å². The van der Waals surface area contributed by atoms with E-state index in [4.69, 9.17) is 0 Å². The SMILES string of the molecule is CC(=O)c1ccc(C(=O)N(C)[C@@H]2CCCN(CCc3ccccc3)C2)cc1. The number of rotatable bonds is 6. The van der Waals surface area contributed by atoms with Crippen molar-refractivity contribution in [3.8, 4) is 0 Å². The summed E-state index contributed by atoms with van der Waals surface area (Å²) in [5.41, 5.74) is 2.64. The van der Waals surface area contributed by atoms with E-state index in [9.17, 15) is 9.59 Å². The third-order valence-electron chi connectivity index (χ3n) is 5.45. The summed E-state index contributed by atoms with van der Waals surface area (Å²) in [7, 11) is 1.90. The number of amides is 1. The molecular formula is C23H28N2O2. The lowest BCUT2D eigenvalue weighted by atomic mass is 10.0. The van der Waals surface area contributed by atoms with Gasteiger partial charge in [0.25, 0.3) is 5.91 Å². The maximum absolute atomic E-state index is 12.8. The van der Waals surface area contributed by atoms with Crippen LogP contribution < -0.4 is 0 Å². The molecule has 0 saturated carbocycles. The van der Waals surface area contributed by atoms with Gasteiger partial charge in [-0.15, -0.1) is 0 Å². The van der Waals surface area contributed by atoms with E-state index >= 15 is 0 Å². The molecule has 2 aromatic carbocycles. The van der Waals surface area contributed by atoms with E-state index < -0.39 is 0 Å². The van der Waals surface area contributed by atoms with E-state index in [1.807, 2.05) is 18.0 Å². The molecule has 1 atom stereocenters. The van der Waals surface area contributed by atoms with E-state index in [0.29, 0.717) is 11.1 Å². The average molecular weight is 364 g/mol. The van der Waals surface area contributed by atoms with E-state index in [1.54, 1.807) is 24.3 Å². The third kappa shape index (κ3) is 5.04. The second-order valence-corrected chi connectivity index (χ2v) is 7.38. The fourth-order valence-corrected chi connectivity index (χ4v) is 3.70. The lowest BCUT2D eigenvalue weighted by Crippen LogP contribution is -2.49. The van der Waals surface area contributed by atoms with E-state index in [2.05, 4.69) is 29.2 Å². The molecule has 0 spiro atoms. The Kier molecular flexibility index (Phi) is 6.40. The summed E-state index contributed by atoms with van der Waals surface area (Å²) in [6, 6.07) is 17.8. The molecule has 0 bridgehead atoms. The number of carbonyl (C=O) groups excluding carboxylic acids is 2. The van der Waals surface area contributed by atoms with Gasteiger partial charge >= 0.3 is 0 Å². The topological polar surface area (TPSA) is 40.6 Å². The summed E-state index contributed by atoms with van der Waals surface area (Å²) in [5, 5.41) is 0. The molecule has 1 aliphatic heterocycles. The summed E-state index contributed by atoms with van der Waals surface area (Å²) >= 11 is 0. The smallest absolute Gasteiger partial charge is 0.253 e. The first kappa shape index (κ1) is 19.3. The Labute approximate surface area is 161 Å². The van der Waals surface area contributed by atoms with Crippen molar-refractivity contribution in [1.82, 2.24) is 9.80 Å². The van der Waals surface area contributed by atoms with Crippen molar-refractivity contribution in [3.05, 3.63) is 71.3 Å². The summed E-state index contributed by atoms with van der Waals surface area (Å²) < 4.78 is 0. The first-order valence-corrected chi connectivity index (χ1v) is 9.69. The maximum atomic E-state index is 12.8. The van der Waals surface area contributed by atoms with Gasteiger partial charge in [0.2, 0.25) is 0 Å². The van der Waals surface area contributed by atoms with Crippen LogP contribution in [0.1, 0.15) is 46.0 Å². The Bertz CT molecular complexity index is 771. The Morgan fingerprint density at radius 1 is 1.04 bits per heavy atom. The quantitative estimate of drug-likeness (QED) is 0.735. The van der Waals surface area contributed by atoms with Gasteiger partial charge in [-0.05, 0) is 50.4 Å². The fraction of sp³-hybridized carbons (Fsp3) is 0.391. The minimum absolute atomic E-state index is 0.0173. The molecule has 4 nitrogen and oxygen atoms in total. The van der Waals surface area contributed by atoms with Crippen LogP contribution in [0, 0.1) is 0 Å². The van der Waals surface area contributed by atoms with Gasteiger partial charge in [0.05, 0.1) is 0 Å². The number of Topliss-reactive ketones (excluding diaryl/α,β-unsaturated/α-hetero) is 1. The van der Waals surface area contributed by atoms with Crippen LogP contribution in [0.5, 0.6) is 0 Å². The number of benzene rings is 2. The van der Waals surface area contributed by atoms with Crippen LogP contribution in [0.15, 0.2) is 54.6 Å². The lowest BCUT2D eigenvalue weighted by molar-refractivity contribution is 0.0619. The molecule has 1 amide bonds. The number of likely N-dealkylation sites (N-methyl/N-ethyl adjacent to an activating group) is 1. The third-order valence-corrected chi connectivity index (χ3v) is 5.45. The fourth-order valence-electron chi connectivity index (χ4n) is 3.70. The van der Waals surface area contributed by atoms with Crippen LogP contribution >= 0.6 is 0 Å². The Morgan fingerprint density at radius 2 is 1.70 bits per heavy atom. The van der Waals surface area contributed by atoms with Gasteiger partial charge in [-0.3, -0.25) is 9.59 Å². The van der Waals surface area contributed by atoms with Gasteiger partial charge in [0.1, 0.15) is 0 Å². The van der Waals surface area contributed by atoms with E-state index in [0.717, 1.165) is 38.9 Å². The number of hydrogen-bond acceptors (Lipinski definition) is 3. The number of nitrogens with zero attached hydrogens (tertiary/aromatic N) is 2. The van der Waals surface area contributed by atoms with Crippen molar-refractivity contribution >= 4 is 11.7 Å². The zero-order chi connectivity index (χ0) is 19.2. The Hall–Kier alpha value is -2.46. The highest BCUT2D eigenvalue weighted by Gasteiger charge is 2.26. The van der Waals surface area contributed by atoms with Crippen LogP contribution in [0.2, 0.25) is 0 Å². The zero-order valence-corrected chi connectivity index (χ0v) is 16.2. The molecule has 0 radical (unpaired) electrons. The highest BCUT2D eigenvalue weighted by molar-refractivity contribution is 5.97. The minimum Gasteiger partial charge on any atom is -0.337 e. The molecular weight excluding hydrogens is 336 g/mol. The monoisotopic (exact) mass is 364 g/mol. The number of carbonyl (C=O) groups is 2. The normalized spacial score (nSPS) is 17.5. The molecule has 2 aromatic rings. The number of ketones is 1. The molecule has 1 aliphatic rings. The molecule has 0 aromatic heterocycles. The van der Waals surface area contributed by atoms with Crippen LogP contribution in [0.4, 0.5) is 0 Å². The number of hydrogen-bond donors (Lipinski definition) is 0. The predicted octanol–water partition coefficient (Wildman–Crippen LogP) is 3.67. The average Bonchev–Trinajstić information content (AvgIpc) is 2.72. The van der Waals surface area contributed by atoms with E-state index in [-0.39, 0.29) is 17.7 Å². The number of likely N-dealkylation sites (tertiary alicyclic amines) is 1. The summed E-state index contributed by atoms with van der Waals surface area (Å²) in [4.78, 5) is 28.6. The molecule has 0 N–H and O–H groups in total. The molecule has 1 fully saturated rings. The van der Waals surface area contributed by atoms with Gasteiger partial charge in [-0.2, -0.15) is 0 Å². The van der Waals surface area contributed by atoms with Gasteiger partial charge in [-0.25, -0.2) is 0 Å². The van der Waals surface area contributed by atoms with Gasteiger partial charge in [0.15, 0.2) is 5.78 Å². The molecule has 27 heavy (non-hydrogen) atoms. The second kappa shape index (κ2) is 8.96. The van der Waals surface area contributed by atoms with Gasteiger partial charge in [0, 0.05) is 37.3 Å². The van der Waals surface area contributed by atoms with Crippen LogP contribution in [-0.2, 0) is 6.42 Å². The van der Waals surface area contributed by atoms with Gasteiger partial charge < -0.3 is 9.80 Å². The molecule has 4 heteroatoms. The maximum Gasteiger partial charge on any atom is 0.253 e. The number of piperidine rings is 1. The molecule has 1 saturated heterocycles. The second-order valence-electron chi connectivity index (χ2n) is 7.38. The highest BCUT2D eigenvalue weighted by atomic mass is 16.2. The molecule has 1 heterocycles.